The first kappa shape index (κ1) is 11.0. The van der Waals surface area contributed by atoms with Crippen molar-refractivity contribution in [2.24, 2.45) is 5.41 Å². The third-order valence-corrected chi connectivity index (χ3v) is 2.35. The summed E-state index contributed by atoms with van der Waals surface area (Å²) in [5.74, 6) is 1.57. The van der Waals surface area contributed by atoms with Crippen LogP contribution in [0.4, 0.5) is 0 Å². The first-order chi connectivity index (χ1) is 7.35. The van der Waals surface area contributed by atoms with Crippen molar-refractivity contribution in [3.05, 3.63) is 23.3 Å². The zero-order valence-corrected chi connectivity index (χ0v) is 10.6. The molecule has 0 radical (unpaired) electrons. The lowest BCUT2D eigenvalue weighted by Crippen LogP contribution is -2.10. The molecule has 0 aromatic carbocycles. The highest BCUT2D eigenvalue weighted by Gasteiger charge is 2.16. The average Bonchev–Trinajstić information content (AvgIpc) is 2.43. The highest BCUT2D eigenvalue weighted by atomic mass is 15.3. The number of fused-ring (bicyclic) bond motifs is 1. The zero-order chi connectivity index (χ0) is 11.9. The minimum Gasteiger partial charge on any atom is -0.216 e. The van der Waals surface area contributed by atoms with E-state index < -0.39 is 0 Å². The Bertz CT molecular complexity index is 520. The van der Waals surface area contributed by atoms with E-state index in [9.17, 15) is 0 Å². The van der Waals surface area contributed by atoms with Gasteiger partial charge in [0.15, 0.2) is 5.82 Å². The molecule has 0 N–H and O–H groups in total. The number of aryl methyl sites for hydroxylation is 2. The van der Waals surface area contributed by atoms with Crippen LogP contribution in [0.2, 0.25) is 0 Å². The molecule has 4 heteroatoms. The lowest BCUT2D eigenvalue weighted by atomic mass is 9.92. The fourth-order valence-electron chi connectivity index (χ4n) is 1.76. The molecule has 0 amide bonds. The summed E-state index contributed by atoms with van der Waals surface area (Å²) in [5, 5.41) is 4.48. The Morgan fingerprint density at radius 2 is 1.88 bits per heavy atom. The summed E-state index contributed by atoms with van der Waals surface area (Å²) in [5.41, 5.74) is 2.27. The molecule has 2 aromatic rings. The van der Waals surface area contributed by atoms with Gasteiger partial charge in [0, 0.05) is 17.8 Å². The van der Waals surface area contributed by atoms with Crippen molar-refractivity contribution >= 4 is 5.78 Å². The largest absolute Gasteiger partial charge is 0.252 e. The summed E-state index contributed by atoms with van der Waals surface area (Å²) < 4.78 is 1.81. The molecule has 4 nitrogen and oxygen atoms in total. The summed E-state index contributed by atoms with van der Waals surface area (Å²) in [4.78, 5) is 8.84. The second-order valence-electron chi connectivity index (χ2n) is 5.52. The summed E-state index contributed by atoms with van der Waals surface area (Å²) in [7, 11) is 0. The summed E-state index contributed by atoms with van der Waals surface area (Å²) in [6, 6.07) is 2.02. The van der Waals surface area contributed by atoms with Crippen LogP contribution in [-0.4, -0.2) is 19.6 Å². The topological polar surface area (TPSA) is 43.1 Å². The maximum absolute atomic E-state index is 4.48. The van der Waals surface area contributed by atoms with Crippen LogP contribution in [0, 0.1) is 19.3 Å². The van der Waals surface area contributed by atoms with Gasteiger partial charge < -0.3 is 0 Å². The Balaban J connectivity index is 2.48. The van der Waals surface area contributed by atoms with E-state index in [2.05, 4.69) is 35.8 Å². The van der Waals surface area contributed by atoms with E-state index in [0.717, 1.165) is 23.6 Å². The fraction of sp³-hybridized carbons (Fsp3) is 0.583. The third-order valence-electron chi connectivity index (χ3n) is 2.35. The molecular weight excluding hydrogens is 200 g/mol. The van der Waals surface area contributed by atoms with Gasteiger partial charge in [0.25, 0.3) is 5.78 Å². The van der Waals surface area contributed by atoms with Gasteiger partial charge in [-0.25, -0.2) is 9.50 Å². The van der Waals surface area contributed by atoms with E-state index in [1.807, 2.05) is 24.4 Å². The highest BCUT2D eigenvalue weighted by Crippen LogP contribution is 2.18. The van der Waals surface area contributed by atoms with Crippen molar-refractivity contribution in [2.45, 2.75) is 41.0 Å². The number of hydrogen-bond donors (Lipinski definition) is 0. The molecule has 0 aliphatic carbocycles. The molecule has 2 heterocycles. The van der Waals surface area contributed by atoms with Crippen LogP contribution in [0.5, 0.6) is 0 Å². The lowest BCUT2D eigenvalue weighted by Gasteiger charge is -2.14. The van der Waals surface area contributed by atoms with E-state index in [1.54, 1.807) is 0 Å². The average molecular weight is 218 g/mol. The Kier molecular flexibility index (Phi) is 2.45. The predicted octanol–water partition coefficient (Wildman–Crippen LogP) is 2.33. The number of hydrogen-bond acceptors (Lipinski definition) is 3. The normalized spacial score (nSPS) is 12.3. The van der Waals surface area contributed by atoms with Crippen LogP contribution in [0.3, 0.4) is 0 Å². The highest BCUT2D eigenvalue weighted by molar-refractivity contribution is 5.31. The monoisotopic (exact) mass is 218 g/mol. The molecule has 86 valence electrons. The van der Waals surface area contributed by atoms with E-state index in [1.165, 1.54) is 0 Å². The maximum Gasteiger partial charge on any atom is 0.252 e. The fourth-order valence-corrected chi connectivity index (χ4v) is 1.76. The van der Waals surface area contributed by atoms with Gasteiger partial charge in [-0.1, -0.05) is 20.8 Å². The summed E-state index contributed by atoms with van der Waals surface area (Å²) in [6.07, 6.45) is 0.870. The van der Waals surface area contributed by atoms with Crippen LogP contribution in [0.15, 0.2) is 6.07 Å². The minimum atomic E-state index is 0.202. The molecule has 0 spiro atoms. The predicted molar refractivity (Wildman–Crippen MR) is 63.4 cm³/mol. The molecule has 0 atom stereocenters. The molecule has 0 fully saturated rings. The smallest absolute Gasteiger partial charge is 0.216 e. The van der Waals surface area contributed by atoms with Crippen molar-refractivity contribution in [3.63, 3.8) is 0 Å². The van der Waals surface area contributed by atoms with Gasteiger partial charge in [-0.05, 0) is 25.3 Å². The Hall–Kier alpha value is -1.45. The zero-order valence-electron chi connectivity index (χ0n) is 10.6. The molecule has 0 unspecified atom stereocenters. The maximum atomic E-state index is 4.48. The number of rotatable bonds is 1. The molecular formula is C12H18N4. The van der Waals surface area contributed by atoms with Crippen molar-refractivity contribution in [3.8, 4) is 0 Å². The van der Waals surface area contributed by atoms with Gasteiger partial charge in [0.05, 0.1) is 0 Å². The van der Waals surface area contributed by atoms with Crippen molar-refractivity contribution in [1.29, 1.82) is 0 Å². The van der Waals surface area contributed by atoms with Crippen LogP contribution in [0.25, 0.3) is 5.78 Å². The standard InChI is InChI=1S/C12H18N4/c1-8-6-9(2)16-11(13-8)14-10(15-16)7-12(3,4)5/h6H,7H2,1-5H3. The van der Waals surface area contributed by atoms with E-state index >= 15 is 0 Å². The lowest BCUT2D eigenvalue weighted by molar-refractivity contribution is 0.401. The van der Waals surface area contributed by atoms with E-state index in [0.29, 0.717) is 5.78 Å². The molecule has 0 saturated carbocycles. The second kappa shape index (κ2) is 3.54. The van der Waals surface area contributed by atoms with Gasteiger partial charge in [-0.2, -0.15) is 4.98 Å². The second-order valence-corrected chi connectivity index (χ2v) is 5.52. The van der Waals surface area contributed by atoms with Crippen LogP contribution in [-0.2, 0) is 6.42 Å². The van der Waals surface area contributed by atoms with Crippen molar-refractivity contribution in [2.75, 3.05) is 0 Å². The first-order valence-electron chi connectivity index (χ1n) is 5.55. The first-order valence-corrected chi connectivity index (χ1v) is 5.55. The van der Waals surface area contributed by atoms with Crippen LogP contribution < -0.4 is 0 Å². The number of nitrogens with zero attached hydrogens (tertiary/aromatic N) is 4. The Morgan fingerprint density at radius 1 is 1.19 bits per heavy atom. The Morgan fingerprint density at radius 3 is 2.50 bits per heavy atom. The minimum absolute atomic E-state index is 0.202. The Labute approximate surface area is 95.7 Å². The SMILES string of the molecule is Cc1cc(C)n2nc(CC(C)(C)C)nc2n1. The summed E-state index contributed by atoms with van der Waals surface area (Å²) in [6.45, 7) is 10.6. The van der Waals surface area contributed by atoms with Crippen molar-refractivity contribution in [1.82, 2.24) is 19.6 Å². The molecule has 2 rings (SSSR count). The molecule has 2 aromatic heterocycles. The van der Waals surface area contributed by atoms with Crippen LogP contribution >= 0.6 is 0 Å². The molecule has 0 saturated heterocycles. The van der Waals surface area contributed by atoms with Gasteiger partial charge in [0.1, 0.15) is 0 Å². The summed E-state index contributed by atoms with van der Waals surface area (Å²) >= 11 is 0. The van der Waals surface area contributed by atoms with Crippen molar-refractivity contribution < 1.29 is 0 Å². The van der Waals surface area contributed by atoms with Gasteiger partial charge in [-0.3, -0.25) is 0 Å². The quantitative estimate of drug-likeness (QED) is 0.737. The number of aromatic nitrogens is 4. The van der Waals surface area contributed by atoms with E-state index in [4.69, 9.17) is 0 Å². The molecule has 0 bridgehead atoms. The van der Waals surface area contributed by atoms with Gasteiger partial charge in [-0.15, -0.1) is 5.10 Å². The van der Waals surface area contributed by atoms with E-state index in [-0.39, 0.29) is 5.41 Å². The van der Waals surface area contributed by atoms with Gasteiger partial charge >= 0.3 is 0 Å². The molecule has 0 aliphatic rings. The third kappa shape index (κ3) is 2.21. The van der Waals surface area contributed by atoms with Crippen LogP contribution in [0.1, 0.15) is 38.0 Å². The molecule has 16 heavy (non-hydrogen) atoms. The molecule has 0 aliphatic heterocycles. The van der Waals surface area contributed by atoms with Gasteiger partial charge in [0.2, 0.25) is 0 Å².